The number of para-hydroxylation sites is 1. The second kappa shape index (κ2) is 7.58. The average Bonchev–Trinajstić information content (AvgIpc) is 3.35. The maximum Gasteiger partial charge on any atom is 0.319 e. The molecule has 1 aromatic heterocycles. The summed E-state index contributed by atoms with van der Waals surface area (Å²) in [7, 11) is 0. The fourth-order valence-corrected chi connectivity index (χ4v) is 3.53. The summed E-state index contributed by atoms with van der Waals surface area (Å²) in [4.78, 5) is 14.7. The van der Waals surface area contributed by atoms with Crippen molar-refractivity contribution in [2.75, 3.05) is 23.3 Å². The van der Waals surface area contributed by atoms with Gasteiger partial charge >= 0.3 is 6.03 Å². The first kappa shape index (κ1) is 17.2. The maximum absolute atomic E-state index is 12.4. The highest BCUT2D eigenvalue weighted by Crippen LogP contribution is 2.34. The highest BCUT2D eigenvalue weighted by atomic mass is 16.3. The Labute approximate surface area is 159 Å². The van der Waals surface area contributed by atoms with Gasteiger partial charge in [0, 0.05) is 24.5 Å². The van der Waals surface area contributed by atoms with Crippen LogP contribution in [-0.4, -0.2) is 19.1 Å². The molecular weight excluding hydrogens is 338 g/mol. The van der Waals surface area contributed by atoms with Crippen molar-refractivity contribution >= 4 is 17.4 Å². The van der Waals surface area contributed by atoms with Crippen LogP contribution in [0.3, 0.4) is 0 Å². The first-order valence-corrected chi connectivity index (χ1v) is 9.20. The lowest BCUT2D eigenvalue weighted by atomic mass is 10.1. The van der Waals surface area contributed by atoms with E-state index in [1.54, 1.807) is 6.26 Å². The van der Waals surface area contributed by atoms with Gasteiger partial charge in [0.2, 0.25) is 0 Å². The summed E-state index contributed by atoms with van der Waals surface area (Å²) in [5, 5.41) is 5.87. The number of benzene rings is 2. The molecule has 1 atom stereocenters. The number of urea groups is 1. The zero-order chi connectivity index (χ0) is 18.6. The lowest BCUT2D eigenvalue weighted by Crippen LogP contribution is -2.39. The zero-order valence-corrected chi connectivity index (χ0v) is 15.3. The minimum absolute atomic E-state index is 0.0487. The maximum atomic E-state index is 12.4. The van der Waals surface area contributed by atoms with Gasteiger partial charge in [-0.1, -0.05) is 35.9 Å². The Balaban J connectivity index is 1.46. The number of carbonyl (C=O) groups is 1. The lowest BCUT2D eigenvalue weighted by Gasteiger charge is -2.29. The number of hydrogen-bond donors (Lipinski definition) is 2. The fraction of sp³-hybridized carbons (Fsp3) is 0.227. The number of nitrogens with zero attached hydrogens (tertiary/aromatic N) is 1. The van der Waals surface area contributed by atoms with Gasteiger partial charge < -0.3 is 20.0 Å². The van der Waals surface area contributed by atoms with E-state index in [0.717, 1.165) is 30.0 Å². The molecule has 2 heterocycles. The van der Waals surface area contributed by atoms with Crippen molar-refractivity contribution in [3.63, 3.8) is 0 Å². The van der Waals surface area contributed by atoms with Crippen molar-refractivity contribution < 1.29 is 9.21 Å². The van der Waals surface area contributed by atoms with Crippen molar-refractivity contribution in [2.24, 2.45) is 0 Å². The minimum Gasteiger partial charge on any atom is -0.467 e. The molecule has 2 aromatic carbocycles. The molecule has 5 nitrogen and oxygen atoms in total. The van der Waals surface area contributed by atoms with Gasteiger partial charge in [0.1, 0.15) is 11.8 Å². The number of furan rings is 1. The third-order valence-corrected chi connectivity index (χ3v) is 4.94. The number of amides is 2. The summed E-state index contributed by atoms with van der Waals surface area (Å²) >= 11 is 0. The number of carbonyl (C=O) groups excluding carboxylic acids is 1. The first-order valence-electron chi connectivity index (χ1n) is 9.20. The van der Waals surface area contributed by atoms with E-state index in [1.807, 2.05) is 49.4 Å². The zero-order valence-electron chi connectivity index (χ0n) is 15.3. The van der Waals surface area contributed by atoms with Crippen LogP contribution < -0.4 is 15.5 Å². The van der Waals surface area contributed by atoms with E-state index >= 15 is 0 Å². The third-order valence-electron chi connectivity index (χ3n) is 4.94. The number of hydrogen-bond acceptors (Lipinski definition) is 3. The third kappa shape index (κ3) is 3.82. The SMILES string of the molecule is Cc1ccc(NC(=O)NC[C@H](c2ccco2)N2CCc3ccccc32)cc1. The Morgan fingerprint density at radius 1 is 1.11 bits per heavy atom. The van der Waals surface area contributed by atoms with Crippen molar-refractivity contribution in [1.82, 2.24) is 5.32 Å². The van der Waals surface area contributed by atoms with Crippen LogP contribution in [0.25, 0.3) is 0 Å². The van der Waals surface area contributed by atoms with Gasteiger partial charge in [0.15, 0.2) is 0 Å². The quantitative estimate of drug-likeness (QED) is 0.703. The highest BCUT2D eigenvalue weighted by Gasteiger charge is 2.29. The van der Waals surface area contributed by atoms with Crippen molar-refractivity contribution in [2.45, 2.75) is 19.4 Å². The monoisotopic (exact) mass is 361 g/mol. The van der Waals surface area contributed by atoms with Crippen LogP contribution in [0.2, 0.25) is 0 Å². The lowest BCUT2D eigenvalue weighted by molar-refractivity contribution is 0.251. The predicted octanol–water partition coefficient (Wildman–Crippen LogP) is 4.51. The van der Waals surface area contributed by atoms with Gasteiger partial charge in [0.25, 0.3) is 0 Å². The van der Waals surface area contributed by atoms with E-state index in [1.165, 1.54) is 11.3 Å². The van der Waals surface area contributed by atoms with Crippen LogP contribution >= 0.6 is 0 Å². The van der Waals surface area contributed by atoms with Gasteiger partial charge in [-0.25, -0.2) is 4.79 Å². The summed E-state index contributed by atoms with van der Waals surface area (Å²) < 4.78 is 5.67. The molecule has 0 spiro atoms. The number of aryl methyl sites for hydroxylation is 1. The predicted molar refractivity (Wildman–Crippen MR) is 107 cm³/mol. The molecule has 0 aliphatic carbocycles. The molecule has 0 fully saturated rings. The second-order valence-corrected chi connectivity index (χ2v) is 6.80. The van der Waals surface area contributed by atoms with E-state index < -0.39 is 0 Å². The molecule has 0 radical (unpaired) electrons. The molecule has 1 aliphatic heterocycles. The van der Waals surface area contributed by atoms with Crippen LogP contribution in [-0.2, 0) is 6.42 Å². The summed E-state index contributed by atoms with van der Waals surface area (Å²) in [6.45, 7) is 3.39. The number of fused-ring (bicyclic) bond motifs is 1. The number of nitrogens with one attached hydrogen (secondary N) is 2. The van der Waals surface area contributed by atoms with E-state index in [2.05, 4.69) is 33.7 Å². The van der Waals surface area contributed by atoms with Crippen molar-refractivity contribution in [3.05, 3.63) is 83.8 Å². The van der Waals surface area contributed by atoms with Crippen LogP contribution in [0.4, 0.5) is 16.2 Å². The van der Waals surface area contributed by atoms with Crippen LogP contribution in [0.15, 0.2) is 71.3 Å². The van der Waals surface area contributed by atoms with E-state index in [4.69, 9.17) is 4.42 Å². The average molecular weight is 361 g/mol. The summed E-state index contributed by atoms with van der Waals surface area (Å²) in [6, 6.07) is 19.7. The van der Waals surface area contributed by atoms with Gasteiger partial charge in [0.05, 0.1) is 6.26 Å². The molecular formula is C22H23N3O2. The molecule has 5 heteroatoms. The van der Waals surface area contributed by atoms with Gasteiger partial charge in [-0.05, 0) is 49.2 Å². The van der Waals surface area contributed by atoms with Crippen molar-refractivity contribution in [3.8, 4) is 0 Å². The first-order chi connectivity index (χ1) is 13.2. The largest absolute Gasteiger partial charge is 0.467 e. The molecule has 0 saturated carbocycles. The molecule has 0 bridgehead atoms. The summed E-state index contributed by atoms with van der Waals surface area (Å²) in [6.07, 6.45) is 2.68. The second-order valence-electron chi connectivity index (χ2n) is 6.80. The minimum atomic E-state index is -0.220. The fourth-order valence-electron chi connectivity index (χ4n) is 3.53. The molecule has 27 heavy (non-hydrogen) atoms. The Kier molecular flexibility index (Phi) is 4.83. The molecule has 138 valence electrons. The van der Waals surface area contributed by atoms with Gasteiger partial charge in [-0.15, -0.1) is 0 Å². The van der Waals surface area contributed by atoms with E-state index in [-0.39, 0.29) is 12.1 Å². The highest BCUT2D eigenvalue weighted by molar-refractivity contribution is 5.89. The summed E-state index contributed by atoms with van der Waals surface area (Å²) in [5.74, 6) is 0.849. The van der Waals surface area contributed by atoms with Crippen LogP contribution in [0.1, 0.15) is 22.9 Å². The molecule has 3 aromatic rings. The molecule has 2 N–H and O–H groups in total. The van der Waals surface area contributed by atoms with Crippen molar-refractivity contribution in [1.29, 1.82) is 0 Å². The Morgan fingerprint density at radius 2 is 1.93 bits per heavy atom. The Hall–Kier alpha value is -3.21. The Bertz CT molecular complexity index is 904. The number of anilines is 2. The molecule has 4 rings (SSSR count). The molecule has 2 amide bonds. The molecule has 1 aliphatic rings. The smallest absolute Gasteiger partial charge is 0.319 e. The Morgan fingerprint density at radius 3 is 2.70 bits per heavy atom. The normalized spacial score (nSPS) is 13.9. The topological polar surface area (TPSA) is 57.5 Å². The van der Waals surface area contributed by atoms with Gasteiger partial charge in [-0.2, -0.15) is 0 Å². The molecule has 0 saturated heterocycles. The standard InChI is InChI=1S/C22H23N3O2/c1-16-8-10-18(11-9-16)24-22(26)23-15-20(21-7-4-14-27-21)25-13-12-17-5-2-3-6-19(17)25/h2-11,14,20H,12-13,15H2,1H3,(H2,23,24,26)/t20-/m1/s1. The van der Waals surface area contributed by atoms with Crippen LogP contribution in [0, 0.1) is 6.92 Å². The van der Waals surface area contributed by atoms with E-state index in [0.29, 0.717) is 6.54 Å². The van der Waals surface area contributed by atoms with E-state index in [9.17, 15) is 4.79 Å². The number of rotatable bonds is 5. The molecule has 0 unspecified atom stereocenters. The summed E-state index contributed by atoms with van der Waals surface area (Å²) in [5.41, 5.74) is 4.48. The van der Waals surface area contributed by atoms with Crippen LogP contribution in [0.5, 0.6) is 0 Å². The van der Waals surface area contributed by atoms with Gasteiger partial charge in [-0.3, -0.25) is 0 Å².